The van der Waals surface area contributed by atoms with Gasteiger partial charge in [-0.2, -0.15) is 5.26 Å². The monoisotopic (exact) mass is 294 g/mol. The number of hydrogen-bond acceptors (Lipinski definition) is 3. The number of carbonyl (C=O) groups excluding carboxylic acids is 1. The van der Waals surface area contributed by atoms with Gasteiger partial charge < -0.3 is 14.6 Å². The van der Waals surface area contributed by atoms with Crippen molar-refractivity contribution >= 4 is 11.4 Å². The van der Waals surface area contributed by atoms with Crippen molar-refractivity contribution < 1.29 is 4.79 Å². The van der Waals surface area contributed by atoms with Crippen molar-refractivity contribution in [3.8, 4) is 6.07 Å². The van der Waals surface area contributed by atoms with Crippen molar-refractivity contribution in [1.29, 1.82) is 5.26 Å². The molecule has 1 unspecified atom stereocenters. The summed E-state index contributed by atoms with van der Waals surface area (Å²) >= 11 is 0. The zero-order valence-electron chi connectivity index (χ0n) is 12.3. The number of nitrogens with zero attached hydrogens (tertiary/aromatic N) is 3. The lowest BCUT2D eigenvalue weighted by atomic mass is 9.84. The van der Waals surface area contributed by atoms with Gasteiger partial charge in [-0.15, -0.1) is 0 Å². The largest absolute Gasteiger partial charge is 0.348 e. The van der Waals surface area contributed by atoms with Crippen LogP contribution in [0.2, 0.25) is 0 Å². The van der Waals surface area contributed by atoms with E-state index in [0.717, 1.165) is 12.1 Å². The first kappa shape index (κ1) is 13.4. The van der Waals surface area contributed by atoms with Crippen molar-refractivity contribution in [2.45, 2.75) is 18.9 Å². The van der Waals surface area contributed by atoms with Gasteiger partial charge in [0, 0.05) is 30.5 Å². The Morgan fingerprint density at radius 2 is 2.05 bits per heavy atom. The highest BCUT2D eigenvalue weighted by atomic mass is 16.1. The molecular weight excluding hydrogens is 276 g/mol. The second-order valence-corrected chi connectivity index (χ2v) is 6.27. The third-order valence-electron chi connectivity index (χ3n) is 5.02. The number of hydrogen-bond donors (Lipinski definition) is 1. The molecule has 3 aliphatic heterocycles. The quantitative estimate of drug-likeness (QED) is 0.916. The SMILES string of the molecule is N#Cc1ccn2ccc(C(=O)NC3CN4CCC3CC4)cc12. The van der Waals surface area contributed by atoms with E-state index in [0.29, 0.717) is 17.0 Å². The van der Waals surface area contributed by atoms with Crippen molar-refractivity contribution in [3.63, 3.8) is 0 Å². The lowest BCUT2D eigenvalue weighted by molar-refractivity contribution is 0.0620. The summed E-state index contributed by atoms with van der Waals surface area (Å²) in [4.78, 5) is 15.0. The van der Waals surface area contributed by atoms with E-state index in [1.165, 1.54) is 25.9 Å². The molecule has 22 heavy (non-hydrogen) atoms. The molecule has 1 N–H and O–H groups in total. The first-order chi connectivity index (χ1) is 10.7. The minimum absolute atomic E-state index is 0.0358. The molecule has 0 radical (unpaired) electrons. The van der Waals surface area contributed by atoms with Crippen LogP contribution in [0.3, 0.4) is 0 Å². The summed E-state index contributed by atoms with van der Waals surface area (Å²) in [6.45, 7) is 3.30. The average molecular weight is 294 g/mol. The van der Waals surface area contributed by atoms with E-state index in [-0.39, 0.29) is 11.9 Å². The van der Waals surface area contributed by atoms with Gasteiger partial charge in [0.05, 0.1) is 11.1 Å². The summed E-state index contributed by atoms with van der Waals surface area (Å²) in [6.07, 6.45) is 6.03. The number of pyridine rings is 1. The van der Waals surface area contributed by atoms with Crippen LogP contribution >= 0.6 is 0 Å². The molecule has 1 atom stereocenters. The molecule has 2 aromatic heterocycles. The average Bonchev–Trinajstić information content (AvgIpc) is 2.98. The topological polar surface area (TPSA) is 60.5 Å². The Kier molecular flexibility index (Phi) is 3.12. The molecule has 3 aliphatic rings. The van der Waals surface area contributed by atoms with Gasteiger partial charge in [0.1, 0.15) is 6.07 Å². The molecule has 3 saturated heterocycles. The number of carbonyl (C=O) groups is 1. The van der Waals surface area contributed by atoms with Gasteiger partial charge in [0.2, 0.25) is 0 Å². The standard InChI is InChI=1S/C17H18N4O/c18-10-14-4-8-21-7-3-13(9-16(14)21)17(22)19-15-11-20-5-1-12(15)2-6-20/h3-4,7-9,12,15H,1-2,5-6,11H2,(H,19,22). The fourth-order valence-electron chi connectivity index (χ4n) is 3.71. The molecule has 112 valence electrons. The molecule has 0 spiro atoms. The highest BCUT2D eigenvalue weighted by Crippen LogP contribution is 2.27. The maximum Gasteiger partial charge on any atom is 0.251 e. The maximum atomic E-state index is 12.5. The van der Waals surface area contributed by atoms with Gasteiger partial charge in [0.25, 0.3) is 5.91 Å². The van der Waals surface area contributed by atoms with Gasteiger partial charge >= 0.3 is 0 Å². The Morgan fingerprint density at radius 3 is 2.73 bits per heavy atom. The Balaban J connectivity index is 1.56. The summed E-state index contributed by atoms with van der Waals surface area (Å²) in [5.41, 5.74) is 2.00. The number of rotatable bonds is 2. The smallest absolute Gasteiger partial charge is 0.251 e. The number of nitriles is 1. The fourth-order valence-corrected chi connectivity index (χ4v) is 3.71. The minimum atomic E-state index is -0.0358. The number of fused-ring (bicyclic) bond motifs is 4. The van der Waals surface area contributed by atoms with Crippen molar-refractivity contribution in [3.05, 3.63) is 41.7 Å². The zero-order chi connectivity index (χ0) is 15.1. The van der Waals surface area contributed by atoms with Crippen LogP contribution in [0.25, 0.3) is 5.52 Å². The van der Waals surface area contributed by atoms with Gasteiger partial charge in [-0.25, -0.2) is 0 Å². The predicted molar refractivity (Wildman–Crippen MR) is 82.5 cm³/mol. The summed E-state index contributed by atoms with van der Waals surface area (Å²) < 4.78 is 1.86. The van der Waals surface area contributed by atoms with Crippen LogP contribution in [0, 0.1) is 17.2 Å². The molecule has 0 aromatic carbocycles. The van der Waals surface area contributed by atoms with Crippen molar-refractivity contribution in [2.75, 3.05) is 19.6 Å². The summed E-state index contributed by atoms with van der Waals surface area (Å²) in [5.74, 6) is 0.576. The molecule has 3 fully saturated rings. The Hall–Kier alpha value is -2.32. The molecule has 5 rings (SSSR count). The first-order valence-corrected chi connectivity index (χ1v) is 7.78. The fraction of sp³-hybridized carbons (Fsp3) is 0.412. The summed E-state index contributed by atoms with van der Waals surface area (Å²) in [6, 6.07) is 7.80. The third-order valence-corrected chi connectivity index (χ3v) is 5.02. The van der Waals surface area contributed by atoms with Crippen LogP contribution in [0.5, 0.6) is 0 Å². The first-order valence-electron chi connectivity index (χ1n) is 7.78. The third kappa shape index (κ3) is 2.16. The van der Waals surface area contributed by atoms with Crippen LogP contribution in [-0.4, -0.2) is 40.9 Å². The van der Waals surface area contributed by atoms with Gasteiger partial charge in [-0.05, 0) is 50.0 Å². The zero-order valence-corrected chi connectivity index (χ0v) is 12.3. The van der Waals surface area contributed by atoms with Crippen LogP contribution < -0.4 is 5.32 Å². The number of aromatic nitrogens is 1. The maximum absolute atomic E-state index is 12.5. The molecule has 0 saturated carbocycles. The number of piperidine rings is 3. The Morgan fingerprint density at radius 1 is 1.27 bits per heavy atom. The van der Waals surface area contributed by atoms with E-state index in [1.807, 2.05) is 22.9 Å². The molecule has 2 bridgehead atoms. The molecular formula is C17H18N4O. The van der Waals surface area contributed by atoms with E-state index in [2.05, 4.69) is 16.3 Å². The van der Waals surface area contributed by atoms with Gasteiger partial charge in [0.15, 0.2) is 0 Å². The van der Waals surface area contributed by atoms with Crippen LogP contribution in [0.1, 0.15) is 28.8 Å². The van der Waals surface area contributed by atoms with E-state index in [1.54, 1.807) is 12.1 Å². The van der Waals surface area contributed by atoms with E-state index >= 15 is 0 Å². The van der Waals surface area contributed by atoms with E-state index < -0.39 is 0 Å². The predicted octanol–water partition coefficient (Wildman–Crippen LogP) is 1.63. The van der Waals surface area contributed by atoms with Gasteiger partial charge in [-0.1, -0.05) is 0 Å². The Labute approximate surface area is 129 Å². The van der Waals surface area contributed by atoms with Crippen molar-refractivity contribution in [1.82, 2.24) is 14.6 Å². The normalized spacial score (nSPS) is 26.8. The molecule has 0 aliphatic carbocycles. The Bertz CT molecular complexity index is 765. The second-order valence-electron chi connectivity index (χ2n) is 6.27. The molecule has 5 heteroatoms. The van der Waals surface area contributed by atoms with Crippen LogP contribution in [0.15, 0.2) is 30.6 Å². The minimum Gasteiger partial charge on any atom is -0.348 e. The van der Waals surface area contributed by atoms with Crippen LogP contribution in [0.4, 0.5) is 0 Å². The van der Waals surface area contributed by atoms with E-state index in [4.69, 9.17) is 5.26 Å². The molecule has 2 aromatic rings. The highest BCUT2D eigenvalue weighted by molar-refractivity contribution is 5.95. The molecule has 5 nitrogen and oxygen atoms in total. The van der Waals surface area contributed by atoms with Crippen LogP contribution in [-0.2, 0) is 0 Å². The van der Waals surface area contributed by atoms with E-state index in [9.17, 15) is 4.79 Å². The number of nitrogens with one attached hydrogen (secondary N) is 1. The summed E-state index contributed by atoms with van der Waals surface area (Å²) in [5, 5.41) is 12.3. The summed E-state index contributed by atoms with van der Waals surface area (Å²) in [7, 11) is 0. The molecule has 1 amide bonds. The van der Waals surface area contributed by atoms with Crippen molar-refractivity contribution in [2.24, 2.45) is 5.92 Å². The second kappa shape index (κ2) is 5.15. The lowest BCUT2D eigenvalue weighted by Gasteiger charge is -2.44. The lowest BCUT2D eigenvalue weighted by Crippen LogP contribution is -2.57. The number of amides is 1. The molecule has 5 heterocycles. The highest BCUT2D eigenvalue weighted by Gasteiger charge is 2.34. The van der Waals surface area contributed by atoms with Gasteiger partial charge in [-0.3, -0.25) is 4.79 Å².